The van der Waals surface area contributed by atoms with Gasteiger partial charge in [-0.1, -0.05) is 277 Å². The largest absolute Gasteiger partial charge is 0.494 e. The minimum atomic E-state index is -2.28. The van der Waals surface area contributed by atoms with Gasteiger partial charge in [0.05, 0.1) is 13.2 Å². The normalized spacial score (nSPS) is 13.5. The van der Waals surface area contributed by atoms with Gasteiger partial charge in [0, 0.05) is 5.56 Å². The molecule has 0 aliphatic carbocycles. The minimum Gasteiger partial charge on any atom is -0.494 e. The van der Waals surface area contributed by atoms with Crippen LogP contribution in [0.25, 0.3) is 39.8 Å². The number of benzene rings is 5. The third-order valence-corrected chi connectivity index (χ3v) is 17.3. The highest BCUT2D eigenvalue weighted by Crippen LogP contribution is 2.55. The summed E-state index contributed by atoms with van der Waals surface area (Å²) >= 11 is 0. The third kappa shape index (κ3) is 15.4. The van der Waals surface area contributed by atoms with E-state index in [0.717, 1.165) is 54.2 Å². The van der Waals surface area contributed by atoms with Crippen molar-refractivity contribution >= 4 is 47.8 Å². The Morgan fingerprint density at radius 2 is 0.836 bits per heavy atom. The summed E-state index contributed by atoms with van der Waals surface area (Å²) in [7, 11) is -2.28. The van der Waals surface area contributed by atoms with Crippen LogP contribution in [0.3, 0.4) is 0 Å². The van der Waals surface area contributed by atoms with E-state index in [9.17, 15) is 0 Å². The van der Waals surface area contributed by atoms with E-state index >= 15 is 0 Å². The number of ether oxygens (including phenoxy) is 2. The molecule has 5 aromatic carbocycles. The smallest absolute Gasteiger partial charge is 0.126 e. The van der Waals surface area contributed by atoms with Crippen molar-refractivity contribution < 1.29 is 9.47 Å². The Hall–Kier alpha value is -5.12. The predicted molar refractivity (Wildman–Crippen MR) is 297 cm³/mol. The second-order valence-corrected chi connectivity index (χ2v) is 23.6. The van der Waals surface area contributed by atoms with Gasteiger partial charge >= 0.3 is 0 Å². The molecule has 67 heavy (non-hydrogen) atoms. The van der Waals surface area contributed by atoms with Crippen LogP contribution >= 0.6 is 0 Å². The summed E-state index contributed by atoms with van der Waals surface area (Å²) in [6.45, 7) is 15.2. The molecule has 0 N–H and O–H groups in total. The lowest BCUT2D eigenvalue weighted by molar-refractivity contribution is 0.295. The standard InChI is InChI=1S/C64H82O2Si/c1-6-9-11-13-15-17-19-21-23-31-49-65-59-47-48-60(66-50-32-24-22-20-18-16-14-12-10-7-2)58(51-59)46-41-53-39-44-57(45-40-53)64-62(55-35-29-26-30-36-55)61(54-33-27-25-28-34-54)63(67(64,4)5)56-42-37-52(8-3)38-43-56/h8,25-30,33-48,51H,3,6-7,9-24,31-32,49-50H2,1-2,4-5H3/b46-41+. The zero-order chi connectivity index (χ0) is 46.9. The van der Waals surface area contributed by atoms with Gasteiger partial charge in [0.25, 0.3) is 0 Å². The Bertz CT molecular complexity index is 2300. The van der Waals surface area contributed by atoms with Crippen molar-refractivity contribution in [1.29, 1.82) is 0 Å². The van der Waals surface area contributed by atoms with E-state index in [1.165, 1.54) is 159 Å². The summed E-state index contributed by atoms with van der Waals surface area (Å²) < 4.78 is 12.9. The van der Waals surface area contributed by atoms with E-state index in [0.29, 0.717) is 0 Å². The van der Waals surface area contributed by atoms with Crippen molar-refractivity contribution in [1.82, 2.24) is 0 Å². The monoisotopic (exact) mass is 911 g/mol. The molecular formula is C64H82O2Si. The summed E-state index contributed by atoms with van der Waals surface area (Å²) in [4.78, 5) is 0. The van der Waals surface area contributed by atoms with E-state index in [1.807, 2.05) is 6.08 Å². The minimum absolute atomic E-state index is 0.739. The van der Waals surface area contributed by atoms with Crippen LogP contribution in [-0.4, -0.2) is 21.3 Å². The van der Waals surface area contributed by atoms with Gasteiger partial charge in [-0.25, -0.2) is 0 Å². The van der Waals surface area contributed by atoms with Gasteiger partial charge in [0.1, 0.15) is 19.6 Å². The van der Waals surface area contributed by atoms with Crippen molar-refractivity contribution in [3.63, 3.8) is 0 Å². The van der Waals surface area contributed by atoms with E-state index in [4.69, 9.17) is 9.47 Å². The molecule has 0 unspecified atom stereocenters. The summed E-state index contributed by atoms with van der Waals surface area (Å²) in [5.74, 6) is 1.85. The van der Waals surface area contributed by atoms with Gasteiger partial charge in [0.15, 0.2) is 0 Å². The molecule has 1 aliphatic heterocycles. The lowest BCUT2D eigenvalue weighted by Crippen LogP contribution is -2.28. The SMILES string of the molecule is C=Cc1ccc(C2=C(c3ccccc3)C(c3ccccc3)=C(c3ccc(/C=C/c4cc(OCCCCCCCCCCCC)ccc4OCCCCCCCCCCCC)cc3)[Si]2(C)C)cc1. The van der Waals surface area contributed by atoms with Gasteiger partial charge < -0.3 is 9.47 Å². The average molecular weight is 911 g/mol. The Morgan fingerprint density at radius 3 is 1.28 bits per heavy atom. The fourth-order valence-electron chi connectivity index (χ4n) is 9.96. The molecular weight excluding hydrogens is 829 g/mol. The third-order valence-electron chi connectivity index (χ3n) is 13.7. The van der Waals surface area contributed by atoms with E-state index < -0.39 is 8.07 Å². The molecule has 1 aliphatic rings. The van der Waals surface area contributed by atoms with Crippen LogP contribution in [0.1, 0.15) is 181 Å². The molecule has 1 heterocycles. The molecule has 0 atom stereocenters. The van der Waals surface area contributed by atoms with Crippen molar-refractivity contribution in [3.8, 4) is 11.5 Å². The number of allylic oxidation sites excluding steroid dienone is 2. The highest BCUT2D eigenvalue weighted by Gasteiger charge is 2.43. The second kappa shape index (κ2) is 28.3. The maximum absolute atomic E-state index is 6.52. The van der Waals surface area contributed by atoms with Crippen molar-refractivity contribution in [3.05, 3.63) is 173 Å². The summed E-state index contributed by atoms with van der Waals surface area (Å²) in [5.41, 5.74) is 11.2. The maximum atomic E-state index is 6.52. The van der Waals surface area contributed by atoms with Gasteiger partial charge in [-0.15, -0.1) is 0 Å². The zero-order valence-electron chi connectivity index (χ0n) is 41.9. The highest BCUT2D eigenvalue weighted by molar-refractivity contribution is 7.13. The van der Waals surface area contributed by atoms with Gasteiger partial charge in [0.2, 0.25) is 0 Å². The van der Waals surface area contributed by atoms with Gasteiger partial charge in [-0.05, 0) is 86.0 Å². The molecule has 2 nitrogen and oxygen atoms in total. The van der Waals surface area contributed by atoms with Crippen molar-refractivity contribution in [2.75, 3.05) is 13.2 Å². The molecule has 0 spiro atoms. The second-order valence-electron chi connectivity index (χ2n) is 19.4. The fraction of sp³-hybridized carbons (Fsp3) is 0.406. The molecule has 0 radical (unpaired) electrons. The summed E-state index contributed by atoms with van der Waals surface area (Å²) in [6, 6.07) is 46.8. The Morgan fingerprint density at radius 1 is 0.418 bits per heavy atom. The van der Waals surface area contributed by atoms with Crippen molar-refractivity contribution in [2.24, 2.45) is 0 Å². The molecule has 0 aromatic heterocycles. The Balaban J connectivity index is 1.19. The Kier molecular flexibility index (Phi) is 21.6. The number of hydrogen-bond donors (Lipinski definition) is 0. The molecule has 0 fully saturated rings. The molecule has 5 aromatic rings. The predicted octanol–water partition coefficient (Wildman–Crippen LogP) is 19.4. The van der Waals surface area contributed by atoms with E-state index in [-0.39, 0.29) is 0 Å². The Labute approximate surface area is 408 Å². The maximum Gasteiger partial charge on any atom is 0.126 e. The van der Waals surface area contributed by atoms with Crippen LogP contribution in [-0.2, 0) is 0 Å². The van der Waals surface area contributed by atoms with Crippen LogP contribution in [0.15, 0.2) is 134 Å². The van der Waals surface area contributed by atoms with E-state index in [2.05, 4.69) is 173 Å². The molecule has 6 rings (SSSR count). The average Bonchev–Trinajstić information content (AvgIpc) is 3.61. The molecule has 0 saturated heterocycles. The van der Waals surface area contributed by atoms with E-state index in [1.54, 1.807) is 0 Å². The fourth-order valence-corrected chi connectivity index (χ4v) is 13.8. The van der Waals surface area contributed by atoms with Crippen LogP contribution in [0.2, 0.25) is 13.1 Å². The quantitative estimate of drug-likeness (QED) is 0.0251. The molecule has 3 heteroatoms. The zero-order valence-corrected chi connectivity index (χ0v) is 42.9. The van der Waals surface area contributed by atoms with Crippen LogP contribution in [0.5, 0.6) is 11.5 Å². The summed E-state index contributed by atoms with van der Waals surface area (Å²) in [6.07, 6.45) is 32.8. The van der Waals surface area contributed by atoms with Crippen LogP contribution in [0.4, 0.5) is 0 Å². The van der Waals surface area contributed by atoms with Gasteiger partial charge in [-0.3, -0.25) is 0 Å². The molecule has 0 saturated carbocycles. The van der Waals surface area contributed by atoms with Crippen LogP contribution < -0.4 is 9.47 Å². The number of rotatable bonds is 31. The first-order valence-electron chi connectivity index (χ1n) is 26.5. The van der Waals surface area contributed by atoms with Gasteiger partial charge in [-0.2, -0.15) is 0 Å². The molecule has 0 bridgehead atoms. The summed E-state index contributed by atoms with van der Waals surface area (Å²) in [5, 5.41) is 2.96. The first kappa shape index (κ1) is 51.3. The molecule has 0 amide bonds. The number of hydrogen-bond acceptors (Lipinski definition) is 2. The first-order valence-corrected chi connectivity index (χ1v) is 29.5. The topological polar surface area (TPSA) is 18.5 Å². The molecule has 354 valence electrons. The van der Waals surface area contributed by atoms with Crippen LogP contribution in [0, 0.1) is 0 Å². The van der Waals surface area contributed by atoms with Crippen molar-refractivity contribution in [2.45, 2.75) is 155 Å². The first-order chi connectivity index (χ1) is 32.9. The highest BCUT2D eigenvalue weighted by atomic mass is 28.3. The lowest BCUT2D eigenvalue weighted by atomic mass is 9.89. The number of unbranched alkanes of at least 4 members (excludes halogenated alkanes) is 18. The lowest BCUT2D eigenvalue weighted by Gasteiger charge is -2.26.